The SMILES string of the molecule is Cc1cc(C)c(-c2cnn(-c3[c-]c(Oc4[c-]c5c(cc4)c4ccc6oc7ccccc7c6c4n5-c4ccccn4)ccc3)c2)c(C)c1.[Pd+2]. The second kappa shape index (κ2) is 11.6. The van der Waals surface area contributed by atoms with Crippen molar-refractivity contribution in [3.05, 3.63) is 144 Å². The number of hydrogen-bond donors (Lipinski definition) is 0. The van der Waals surface area contributed by atoms with Crippen molar-refractivity contribution in [1.82, 2.24) is 19.3 Å². The van der Waals surface area contributed by atoms with Crippen molar-refractivity contribution in [2.75, 3.05) is 0 Å². The largest absolute Gasteiger partial charge is 2.00 e. The number of benzene rings is 5. The fourth-order valence-electron chi connectivity index (χ4n) is 6.96. The van der Waals surface area contributed by atoms with E-state index in [1.54, 1.807) is 0 Å². The molecule has 0 aliphatic heterocycles. The molecule has 4 aromatic heterocycles. The van der Waals surface area contributed by atoms with E-state index >= 15 is 0 Å². The molecule has 6 nitrogen and oxygen atoms in total. The molecule has 0 fully saturated rings. The number of hydrogen-bond acceptors (Lipinski definition) is 4. The number of ether oxygens (including phenoxy) is 1. The molecule has 0 saturated heterocycles. The molecule has 0 unspecified atom stereocenters. The minimum atomic E-state index is 0. The van der Waals surface area contributed by atoms with E-state index in [1.165, 1.54) is 22.3 Å². The van der Waals surface area contributed by atoms with Crippen molar-refractivity contribution in [3.8, 4) is 34.1 Å². The molecule has 5 aromatic carbocycles. The van der Waals surface area contributed by atoms with Crippen molar-refractivity contribution < 1.29 is 29.6 Å². The molecule has 0 bridgehead atoms. The van der Waals surface area contributed by atoms with Crippen LogP contribution in [0.2, 0.25) is 0 Å². The Kier molecular flexibility index (Phi) is 7.25. The number of furan rings is 1. The third-order valence-electron chi connectivity index (χ3n) is 8.80. The van der Waals surface area contributed by atoms with E-state index in [0.717, 1.165) is 60.8 Å². The van der Waals surface area contributed by atoms with E-state index in [1.807, 2.05) is 90.0 Å². The van der Waals surface area contributed by atoms with Crippen molar-refractivity contribution >= 4 is 43.7 Å². The van der Waals surface area contributed by atoms with Gasteiger partial charge in [0.15, 0.2) is 0 Å². The maximum atomic E-state index is 6.42. The van der Waals surface area contributed by atoms with Crippen LogP contribution in [0.3, 0.4) is 0 Å². The second-order valence-corrected chi connectivity index (χ2v) is 12.0. The predicted molar refractivity (Wildman–Crippen MR) is 187 cm³/mol. The zero-order chi connectivity index (χ0) is 31.6. The molecule has 234 valence electrons. The zero-order valence-corrected chi connectivity index (χ0v) is 27.9. The number of pyridine rings is 1. The van der Waals surface area contributed by atoms with Gasteiger partial charge in [0.25, 0.3) is 0 Å². The fourth-order valence-corrected chi connectivity index (χ4v) is 6.96. The fraction of sp³-hybridized carbons (Fsp3) is 0.0732. The molecule has 0 aliphatic rings. The molecule has 9 aromatic rings. The van der Waals surface area contributed by atoms with Gasteiger partial charge in [-0.2, -0.15) is 17.2 Å². The summed E-state index contributed by atoms with van der Waals surface area (Å²) in [6.45, 7) is 6.42. The molecule has 0 aliphatic carbocycles. The van der Waals surface area contributed by atoms with Gasteiger partial charge in [-0.15, -0.1) is 35.7 Å². The van der Waals surface area contributed by atoms with Gasteiger partial charge in [-0.1, -0.05) is 53.5 Å². The summed E-state index contributed by atoms with van der Waals surface area (Å²) in [4.78, 5) is 4.75. The van der Waals surface area contributed by atoms with Crippen molar-refractivity contribution in [2.24, 2.45) is 0 Å². The molecule has 0 N–H and O–H groups in total. The van der Waals surface area contributed by atoms with Gasteiger partial charge in [0.1, 0.15) is 17.0 Å². The first kappa shape index (κ1) is 29.9. The van der Waals surface area contributed by atoms with Crippen LogP contribution in [0.25, 0.3) is 66.4 Å². The van der Waals surface area contributed by atoms with Crippen LogP contribution in [-0.2, 0) is 20.4 Å². The smallest absolute Gasteiger partial charge is 0.509 e. The Morgan fingerprint density at radius 2 is 1.52 bits per heavy atom. The molecule has 48 heavy (non-hydrogen) atoms. The second-order valence-electron chi connectivity index (χ2n) is 12.0. The minimum absolute atomic E-state index is 0. The van der Waals surface area contributed by atoms with Crippen LogP contribution in [0.15, 0.2) is 120 Å². The summed E-state index contributed by atoms with van der Waals surface area (Å²) in [5.74, 6) is 1.94. The molecular formula is C41H28N4O2Pd. The van der Waals surface area contributed by atoms with Crippen LogP contribution in [-0.4, -0.2) is 19.3 Å². The Labute approximate surface area is 290 Å². The van der Waals surface area contributed by atoms with Crippen LogP contribution in [0.1, 0.15) is 16.7 Å². The van der Waals surface area contributed by atoms with Gasteiger partial charge in [0.05, 0.1) is 17.1 Å². The van der Waals surface area contributed by atoms with Gasteiger partial charge in [0.2, 0.25) is 0 Å². The summed E-state index contributed by atoms with van der Waals surface area (Å²) >= 11 is 0. The quantitative estimate of drug-likeness (QED) is 0.132. The van der Waals surface area contributed by atoms with Gasteiger partial charge in [-0.25, -0.2) is 4.98 Å². The third-order valence-corrected chi connectivity index (χ3v) is 8.80. The monoisotopic (exact) mass is 714 g/mol. The molecule has 0 saturated carbocycles. The Morgan fingerprint density at radius 1 is 0.729 bits per heavy atom. The summed E-state index contributed by atoms with van der Waals surface area (Å²) in [5.41, 5.74) is 10.4. The summed E-state index contributed by atoms with van der Waals surface area (Å²) in [7, 11) is 0. The van der Waals surface area contributed by atoms with E-state index in [0.29, 0.717) is 11.5 Å². The van der Waals surface area contributed by atoms with Gasteiger partial charge in [-0.3, -0.25) is 4.68 Å². The van der Waals surface area contributed by atoms with Crippen molar-refractivity contribution in [1.29, 1.82) is 0 Å². The molecule has 0 spiro atoms. The minimum Gasteiger partial charge on any atom is -0.509 e. The number of aryl methyl sites for hydroxylation is 3. The summed E-state index contributed by atoms with van der Waals surface area (Å²) < 4.78 is 16.7. The first-order chi connectivity index (χ1) is 23.0. The van der Waals surface area contributed by atoms with Crippen molar-refractivity contribution in [3.63, 3.8) is 0 Å². The maximum Gasteiger partial charge on any atom is 2.00 e. The molecule has 9 rings (SSSR count). The van der Waals surface area contributed by atoms with E-state index in [2.05, 4.69) is 72.9 Å². The normalized spacial score (nSPS) is 11.5. The van der Waals surface area contributed by atoms with Crippen LogP contribution < -0.4 is 4.74 Å². The number of aromatic nitrogens is 4. The average Bonchev–Trinajstić information content (AvgIpc) is 3.79. The first-order valence-corrected chi connectivity index (χ1v) is 15.6. The number of para-hydroxylation sites is 1. The predicted octanol–water partition coefficient (Wildman–Crippen LogP) is 10.2. The van der Waals surface area contributed by atoms with E-state index in [-0.39, 0.29) is 20.4 Å². The van der Waals surface area contributed by atoms with Gasteiger partial charge in [-0.05, 0) is 72.8 Å². The standard InChI is InChI=1S/C41H28N4O2.Pd/c1-25-19-26(2)39(27(3)20-25)28-23-43-44(24-28)29-9-8-10-30(21-29)46-31-14-15-32-33-16-17-37-40(34-11-4-5-12-36(34)47-37)41(33)45(35(32)22-31)38-13-6-7-18-42-38;/h4-20,23-24H,1-3H3;/q-2;+2. The average molecular weight is 715 g/mol. The zero-order valence-electron chi connectivity index (χ0n) is 26.4. The van der Waals surface area contributed by atoms with Crippen LogP contribution >= 0.6 is 0 Å². The van der Waals surface area contributed by atoms with Crippen LogP contribution in [0.5, 0.6) is 11.5 Å². The Morgan fingerprint density at radius 3 is 2.35 bits per heavy atom. The Bertz CT molecular complexity index is 2630. The topological polar surface area (TPSA) is 58.0 Å². The Hall–Kier alpha value is -5.48. The van der Waals surface area contributed by atoms with Gasteiger partial charge >= 0.3 is 20.4 Å². The Balaban J connectivity index is 0.00000336. The van der Waals surface area contributed by atoms with Crippen LogP contribution in [0, 0.1) is 32.9 Å². The number of nitrogens with zero attached hydrogens (tertiary/aromatic N) is 4. The van der Waals surface area contributed by atoms with E-state index in [4.69, 9.17) is 14.1 Å². The maximum absolute atomic E-state index is 6.42. The molecule has 4 heterocycles. The molecule has 7 heteroatoms. The molecule has 0 atom stereocenters. The van der Waals surface area contributed by atoms with Gasteiger partial charge < -0.3 is 13.7 Å². The third kappa shape index (κ3) is 4.83. The van der Waals surface area contributed by atoms with E-state index < -0.39 is 0 Å². The summed E-state index contributed by atoms with van der Waals surface area (Å²) in [6, 6.07) is 39.5. The number of rotatable bonds is 5. The van der Waals surface area contributed by atoms with E-state index in [9.17, 15) is 0 Å². The molecular weight excluding hydrogens is 687 g/mol. The van der Waals surface area contributed by atoms with Crippen molar-refractivity contribution in [2.45, 2.75) is 20.8 Å². The first-order valence-electron chi connectivity index (χ1n) is 15.6. The summed E-state index contributed by atoms with van der Waals surface area (Å²) in [6.07, 6.45) is 5.76. The number of fused-ring (bicyclic) bond motifs is 7. The summed E-state index contributed by atoms with van der Waals surface area (Å²) in [5, 5.41) is 8.92. The van der Waals surface area contributed by atoms with Gasteiger partial charge in [0, 0.05) is 34.8 Å². The van der Waals surface area contributed by atoms with Crippen LogP contribution in [0.4, 0.5) is 0 Å². The molecule has 0 amide bonds. The molecule has 0 radical (unpaired) electrons.